The summed E-state index contributed by atoms with van der Waals surface area (Å²) in [5.41, 5.74) is 1.38. The molecule has 0 saturated carbocycles. The van der Waals surface area contributed by atoms with E-state index in [1.165, 1.54) is 10.4 Å². The van der Waals surface area contributed by atoms with Crippen LogP contribution in [0.3, 0.4) is 0 Å². The summed E-state index contributed by atoms with van der Waals surface area (Å²) >= 11 is 1.82. The smallest absolute Gasteiger partial charge is 0.119 e. The highest BCUT2D eigenvalue weighted by atomic mass is 32.1. The molecule has 1 heterocycles. The molecule has 2 nitrogen and oxygen atoms in total. The lowest BCUT2D eigenvalue weighted by molar-refractivity contribution is 0.308. The summed E-state index contributed by atoms with van der Waals surface area (Å²) in [7, 11) is 0. The second-order valence-corrected chi connectivity index (χ2v) is 5.22. The summed E-state index contributed by atoms with van der Waals surface area (Å²) in [6.07, 6.45) is 1.03. The van der Waals surface area contributed by atoms with Crippen LogP contribution in [0.4, 0.5) is 0 Å². The first-order valence-electron chi connectivity index (χ1n) is 6.28. The lowest BCUT2D eigenvalue weighted by Gasteiger charge is -2.06. The Labute approximate surface area is 113 Å². The van der Waals surface area contributed by atoms with E-state index in [2.05, 4.69) is 23.7 Å². The highest BCUT2D eigenvalue weighted by Crippen LogP contribution is 2.14. The molecule has 0 radical (unpaired) electrons. The minimum atomic E-state index is 0.764. The van der Waals surface area contributed by atoms with Crippen LogP contribution in [-0.2, 0) is 6.54 Å². The maximum Gasteiger partial charge on any atom is 0.119 e. The van der Waals surface area contributed by atoms with Gasteiger partial charge < -0.3 is 10.1 Å². The molecular weight excluding hydrogens is 242 g/mol. The Morgan fingerprint density at radius 1 is 1.17 bits per heavy atom. The van der Waals surface area contributed by atoms with Crippen LogP contribution in [-0.4, -0.2) is 13.2 Å². The molecule has 1 aromatic carbocycles. The van der Waals surface area contributed by atoms with Gasteiger partial charge in [0.15, 0.2) is 0 Å². The minimum absolute atomic E-state index is 0.764. The van der Waals surface area contributed by atoms with Crippen molar-refractivity contribution in [2.24, 2.45) is 0 Å². The van der Waals surface area contributed by atoms with Crippen LogP contribution < -0.4 is 10.1 Å². The number of hydrogen-bond donors (Lipinski definition) is 1. The van der Waals surface area contributed by atoms with Crippen LogP contribution in [0, 0.1) is 6.92 Å². The first-order valence-corrected chi connectivity index (χ1v) is 7.16. The quantitative estimate of drug-likeness (QED) is 0.769. The fourth-order valence-corrected chi connectivity index (χ4v) is 2.57. The lowest BCUT2D eigenvalue weighted by atomic mass is 10.3. The van der Waals surface area contributed by atoms with Crippen molar-refractivity contribution in [3.05, 3.63) is 52.2 Å². The molecule has 96 valence electrons. The molecule has 0 amide bonds. The standard InChI is InChI=1S/C15H19NOS/c1-13-8-11-18-15(13)12-16-9-5-10-17-14-6-3-2-4-7-14/h2-4,6-8,11,16H,5,9-10,12H2,1H3. The number of benzene rings is 1. The van der Waals surface area contributed by atoms with Gasteiger partial charge in [0.1, 0.15) is 5.75 Å². The van der Waals surface area contributed by atoms with Gasteiger partial charge in [-0.25, -0.2) is 0 Å². The first-order chi connectivity index (χ1) is 8.86. The monoisotopic (exact) mass is 261 g/mol. The van der Waals surface area contributed by atoms with Crippen molar-refractivity contribution < 1.29 is 4.74 Å². The summed E-state index contributed by atoms with van der Waals surface area (Å²) in [6.45, 7) is 4.88. The second-order valence-electron chi connectivity index (χ2n) is 4.22. The summed E-state index contributed by atoms with van der Waals surface area (Å²) in [5, 5.41) is 5.59. The number of hydrogen-bond acceptors (Lipinski definition) is 3. The predicted octanol–water partition coefficient (Wildman–Crippen LogP) is 3.62. The van der Waals surface area contributed by atoms with Gasteiger partial charge in [-0.3, -0.25) is 0 Å². The zero-order valence-corrected chi connectivity index (χ0v) is 11.5. The van der Waals surface area contributed by atoms with Gasteiger partial charge in [-0.1, -0.05) is 18.2 Å². The number of para-hydroxylation sites is 1. The molecule has 0 fully saturated rings. The van der Waals surface area contributed by atoms with Crippen LogP contribution in [0.25, 0.3) is 0 Å². The molecule has 0 spiro atoms. The summed E-state index contributed by atoms with van der Waals surface area (Å²) in [4.78, 5) is 1.43. The molecule has 0 atom stereocenters. The van der Waals surface area contributed by atoms with E-state index >= 15 is 0 Å². The minimum Gasteiger partial charge on any atom is -0.494 e. The average molecular weight is 261 g/mol. The number of rotatable bonds is 7. The van der Waals surface area contributed by atoms with Gasteiger partial charge in [0.05, 0.1) is 6.61 Å². The van der Waals surface area contributed by atoms with Crippen LogP contribution in [0.1, 0.15) is 16.9 Å². The molecule has 0 aliphatic heterocycles. The predicted molar refractivity (Wildman–Crippen MR) is 77.3 cm³/mol. The average Bonchev–Trinajstić information content (AvgIpc) is 2.81. The maximum atomic E-state index is 5.63. The first kappa shape index (κ1) is 13.1. The lowest BCUT2D eigenvalue weighted by Crippen LogP contribution is -2.16. The van der Waals surface area contributed by atoms with E-state index in [1.807, 2.05) is 41.7 Å². The van der Waals surface area contributed by atoms with E-state index in [4.69, 9.17) is 4.74 Å². The zero-order valence-electron chi connectivity index (χ0n) is 10.7. The highest BCUT2D eigenvalue weighted by Gasteiger charge is 1.98. The third-order valence-electron chi connectivity index (χ3n) is 2.76. The fraction of sp³-hybridized carbons (Fsp3) is 0.333. The van der Waals surface area contributed by atoms with Gasteiger partial charge in [-0.05, 0) is 49.0 Å². The topological polar surface area (TPSA) is 21.3 Å². The zero-order chi connectivity index (χ0) is 12.6. The van der Waals surface area contributed by atoms with Gasteiger partial charge in [0.25, 0.3) is 0 Å². The molecule has 0 aliphatic carbocycles. The van der Waals surface area contributed by atoms with Gasteiger partial charge in [-0.2, -0.15) is 0 Å². The van der Waals surface area contributed by atoms with Crippen molar-refractivity contribution in [1.82, 2.24) is 5.32 Å². The summed E-state index contributed by atoms with van der Waals surface area (Å²) < 4.78 is 5.63. The van der Waals surface area contributed by atoms with Crippen LogP contribution in [0.2, 0.25) is 0 Å². The molecule has 18 heavy (non-hydrogen) atoms. The van der Waals surface area contributed by atoms with E-state index in [1.54, 1.807) is 0 Å². The molecule has 1 N–H and O–H groups in total. The van der Waals surface area contributed by atoms with Gasteiger partial charge in [0.2, 0.25) is 0 Å². The Kier molecular flexibility index (Phi) is 5.24. The third-order valence-corrected chi connectivity index (χ3v) is 3.79. The van der Waals surface area contributed by atoms with Gasteiger partial charge >= 0.3 is 0 Å². The molecule has 3 heteroatoms. The Bertz CT molecular complexity index is 453. The molecule has 2 rings (SSSR count). The van der Waals surface area contributed by atoms with Crippen molar-refractivity contribution in [2.45, 2.75) is 19.9 Å². The SMILES string of the molecule is Cc1ccsc1CNCCCOc1ccccc1. The van der Waals surface area contributed by atoms with Crippen molar-refractivity contribution in [2.75, 3.05) is 13.2 Å². The molecule has 0 aliphatic rings. The Hall–Kier alpha value is -1.32. The van der Waals surface area contributed by atoms with Crippen LogP contribution >= 0.6 is 11.3 Å². The van der Waals surface area contributed by atoms with Crippen molar-refractivity contribution in [3.8, 4) is 5.75 Å². The summed E-state index contributed by atoms with van der Waals surface area (Å²) in [5.74, 6) is 0.951. The number of aryl methyl sites for hydroxylation is 1. The van der Waals surface area contributed by atoms with E-state index in [0.29, 0.717) is 0 Å². The van der Waals surface area contributed by atoms with E-state index < -0.39 is 0 Å². The van der Waals surface area contributed by atoms with Crippen LogP contribution in [0.5, 0.6) is 5.75 Å². The molecule has 2 aromatic rings. The fourth-order valence-electron chi connectivity index (χ4n) is 1.69. The van der Waals surface area contributed by atoms with Crippen LogP contribution in [0.15, 0.2) is 41.8 Å². The van der Waals surface area contributed by atoms with Gasteiger partial charge in [0, 0.05) is 11.4 Å². The largest absolute Gasteiger partial charge is 0.494 e. The van der Waals surface area contributed by atoms with Crippen molar-refractivity contribution in [3.63, 3.8) is 0 Å². The molecule has 1 aromatic heterocycles. The third kappa shape index (κ3) is 4.17. The molecule has 0 saturated heterocycles. The number of ether oxygens (including phenoxy) is 1. The molecule has 0 unspecified atom stereocenters. The van der Waals surface area contributed by atoms with E-state index in [-0.39, 0.29) is 0 Å². The second kappa shape index (κ2) is 7.19. The number of nitrogens with one attached hydrogen (secondary N) is 1. The summed E-state index contributed by atoms with van der Waals surface area (Å²) in [6, 6.07) is 12.1. The normalized spacial score (nSPS) is 10.5. The van der Waals surface area contributed by atoms with Crippen molar-refractivity contribution in [1.29, 1.82) is 0 Å². The Morgan fingerprint density at radius 3 is 2.72 bits per heavy atom. The van der Waals surface area contributed by atoms with Crippen molar-refractivity contribution >= 4 is 11.3 Å². The van der Waals surface area contributed by atoms with E-state index in [0.717, 1.165) is 31.9 Å². The molecule has 0 bridgehead atoms. The molecular formula is C15H19NOS. The van der Waals surface area contributed by atoms with E-state index in [9.17, 15) is 0 Å². The van der Waals surface area contributed by atoms with Gasteiger partial charge in [-0.15, -0.1) is 11.3 Å². The Balaban J connectivity index is 1.56. The highest BCUT2D eigenvalue weighted by molar-refractivity contribution is 7.10. The Morgan fingerprint density at radius 2 is 2.00 bits per heavy atom. The number of thiophene rings is 1. The maximum absolute atomic E-state index is 5.63.